The molecule has 0 radical (unpaired) electrons. The van der Waals surface area contributed by atoms with Gasteiger partial charge in [-0.1, -0.05) is 42.5 Å². The molecule has 128 heavy (non-hydrogen) atoms. The molecule has 3 saturated heterocycles. The molecule has 2 N–H and O–H groups in total. The summed E-state index contributed by atoms with van der Waals surface area (Å²) in [4.78, 5) is 99.8. The van der Waals surface area contributed by atoms with Gasteiger partial charge in [0.05, 0.1) is 38.6 Å². The van der Waals surface area contributed by atoms with Crippen molar-refractivity contribution >= 4 is 27.6 Å². The number of benzene rings is 7. The van der Waals surface area contributed by atoms with Crippen molar-refractivity contribution < 1.29 is 62.3 Å². The highest BCUT2D eigenvalue weighted by atomic mass is 32.2. The molecule has 5 aromatic heterocycles. The van der Waals surface area contributed by atoms with E-state index in [1.807, 2.05) is 57.3 Å². The molecule has 8 heterocycles. The Morgan fingerprint density at radius 1 is 0.391 bits per heavy atom. The van der Waals surface area contributed by atoms with Crippen molar-refractivity contribution in [1.29, 1.82) is 0 Å². The van der Waals surface area contributed by atoms with Crippen LogP contribution in [0, 0.1) is 73.1 Å². The lowest BCUT2D eigenvalue weighted by atomic mass is 10.00. The van der Waals surface area contributed by atoms with Gasteiger partial charge in [-0.15, -0.1) is 0 Å². The number of nitrogens with zero attached hydrogens (tertiary/aromatic N) is 14. The van der Waals surface area contributed by atoms with Gasteiger partial charge in [0.15, 0.2) is 9.84 Å². The number of amides is 3. The Morgan fingerprint density at radius 2 is 0.711 bits per heavy atom. The Kier molecular flexibility index (Phi) is 30.2. The third-order valence-electron chi connectivity index (χ3n) is 24.6. The number of piperidine rings is 3. The van der Waals surface area contributed by atoms with E-state index in [0.717, 1.165) is 70.3 Å². The Balaban J connectivity index is 0.000000164. The second-order valence-electron chi connectivity index (χ2n) is 32.2. The van der Waals surface area contributed by atoms with Crippen LogP contribution in [0.2, 0.25) is 0 Å². The van der Waals surface area contributed by atoms with Gasteiger partial charge in [-0.25, -0.2) is 62.0 Å². The van der Waals surface area contributed by atoms with Crippen molar-refractivity contribution in [3.63, 3.8) is 0 Å². The SMILES string of the molecule is Cc1c(CN(CCc2ccc(S(=O)(=O)CN)cc2)C2CCN(C(=O)c3c(F)cccc3F)CC2)c(=O)n(-c2ccc(F)cc2)n1C.Cc1c(CN(CCc2ccccn2)C2CCN(C(=O)c3c(F)cccc3F)CC2)c(=O)n(-c2ccc(F)cc2)n1C.Cc1c(CN(CCc2cccnc2)C2CCN(C(=O)c3c(F)cccc3F)CC2)c(=O)n(-c2ccc(F)cc2)n1C. The van der Waals surface area contributed by atoms with Gasteiger partial charge in [0.1, 0.15) is 74.9 Å². The monoisotopic (exact) mass is 1780 g/mol. The zero-order valence-electron chi connectivity index (χ0n) is 71.8. The van der Waals surface area contributed by atoms with Crippen LogP contribution in [0.5, 0.6) is 0 Å². The number of likely N-dealkylation sites (tertiary alicyclic amines) is 3. The molecule has 3 aliphatic heterocycles. The van der Waals surface area contributed by atoms with E-state index in [9.17, 15) is 76.7 Å². The number of hydrogen-bond donors (Lipinski definition) is 1. The average Bonchev–Trinajstić information content (AvgIpc) is 1.63. The fourth-order valence-electron chi connectivity index (χ4n) is 17.0. The van der Waals surface area contributed by atoms with Gasteiger partial charge < -0.3 is 20.4 Å². The molecule has 0 bridgehead atoms. The largest absolute Gasteiger partial charge is 0.338 e. The highest BCUT2D eigenvalue weighted by molar-refractivity contribution is 7.91. The van der Waals surface area contributed by atoms with Crippen LogP contribution in [0.1, 0.15) is 120 Å². The molecule has 3 amide bonds. The molecule has 0 saturated carbocycles. The topological polar surface area (TPSA) is 237 Å². The molecular weight excluding hydrogens is 1680 g/mol. The van der Waals surface area contributed by atoms with Crippen LogP contribution in [0.25, 0.3) is 17.1 Å². The number of halogens is 9. The lowest BCUT2D eigenvalue weighted by molar-refractivity contribution is 0.0592. The quantitative estimate of drug-likeness (QED) is 0.0496. The molecule has 12 aromatic rings. The summed E-state index contributed by atoms with van der Waals surface area (Å²) in [5.74, 6) is -8.95. The molecule has 0 spiro atoms. The van der Waals surface area contributed by atoms with Crippen LogP contribution in [-0.4, -0.2) is 177 Å². The smallest absolute Gasteiger partial charge is 0.276 e. The standard InChI is InChI=1S/C33H36F3N5O4S.2C31H32F3N5O2/c1-22-28(32(42)41(38(22)2)26-10-8-24(34)9-11-26)20-40(17-14-23-6-12-27(13-7-23)46(44,45)21-37)25-15-18-39(19-16-25)33(43)31-29(35)4-3-5-30(31)36;1-21-26(30(40)39(36(21)2)25-10-8-23(32)9-11-25)20-38(16-12-22-5-4-15-35-19-22)24-13-17-37(18-14-24)31(41)29-27(33)6-3-7-28(29)34;1-21-26(30(40)39(36(21)2)25-11-9-22(32)10-12-25)20-38(17-13-23-6-3-4-16-35-23)24-14-18-37(19-15-24)31(41)29-27(33)7-5-8-28(29)34/h3-13,25H,14-21,37H2,1-2H3;3-11,15,19,24H,12-14,16-18,20H2,1-2H3;3-12,16,24H,13-15,17-20H2,1-2H3. The third kappa shape index (κ3) is 21.3. The maximum absolute atomic E-state index is 14.3. The second kappa shape index (κ2) is 41.5. The van der Waals surface area contributed by atoms with Crippen LogP contribution in [-0.2, 0) is 69.9 Å². The first-order chi connectivity index (χ1) is 61.4. The molecule has 0 atom stereocenters. The maximum atomic E-state index is 14.3. The third-order valence-corrected chi connectivity index (χ3v) is 26.1. The van der Waals surface area contributed by atoms with Gasteiger partial charge in [-0.05, 0) is 223 Å². The number of pyridine rings is 2. The maximum Gasteiger partial charge on any atom is 0.276 e. The van der Waals surface area contributed by atoms with Gasteiger partial charge in [0.25, 0.3) is 34.4 Å². The van der Waals surface area contributed by atoms with Gasteiger partial charge in [-0.2, -0.15) is 0 Å². The van der Waals surface area contributed by atoms with Crippen molar-refractivity contribution in [2.24, 2.45) is 26.9 Å². The predicted molar refractivity (Wildman–Crippen MR) is 466 cm³/mol. The van der Waals surface area contributed by atoms with E-state index in [1.165, 1.54) is 108 Å². The van der Waals surface area contributed by atoms with Crippen LogP contribution in [0.4, 0.5) is 39.5 Å². The Morgan fingerprint density at radius 3 is 1.01 bits per heavy atom. The van der Waals surface area contributed by atoms with Crippen LogP contribution < -0.4 is 22.4 Å². The molecule has 3 fully saturated rings. The molecule has 672 valence electrons. The molecule has 3 aliphatic rings. The van der Waals surface area contributed by atoms with E-state index in [0.29, 0.717) is 150 Å². The fourth-order valence-corrected chi connectivity index (χ4v) is 17.7. The first-order valence-electron chi connectivity index (χ1n) is 42.2. The van der Waals surface area contributed by atoms with Crippen molar-refractivity contribution in [3.05, 3.63) is 351 Å². The highest BCUT2D eigenvalue weighted by Gasteiger charge is 2.36. The normalized spacial score (nSPS) is 14.2. The summed E-state index contributed by atoms with van der Waals surface area (Å²) in [6.45, 7) is 10.3. The van der Waals surface area contributed by atoms with Crippen molar-refractivity contribution in [3.8, 4) is 17.1 Å². The summed E-state index contributed by atoms with van der Waals surface area (Å²) < 4.78 is 161. The van der Waals surface area contributed by atoms with Gasteiger partial charge in [0, 0.05) is 166 Å². The zero-order chi connectivity index (χ0) is 91.4. The minimum absolute atomic E-state index is 0.0338. The van der Waals surface area contributed by atoms with Crippen LogP contribution in [0.3, 0.4) is 0 Å². The minimum atomic E-state index is -3.55. The zero-order valence-corrected chi connectivity index (χ0v) is 72.6. The van der Waals surface area contributed by atoms with E-state index in [-0.39, 0.29) is 71.0 Å². The fraction of sp³-hybridized carbons (Fsp3) is 0.326. The van der Waals surface area contributed by atoms with Gasteiger partial charge in [-0.3, -0.25) is 67.5 Å². The molecular formula is C95H100F9N15O8S. The van der Waals surface area contributed by atoms with Gasteiger partial charge >= 0.3 is 0 Å². The summed E-state index contributed by atoms with van der Waals surface area (Å²) in [6, 6.07) is 43.6. The molecule has 0 aliphatic carbocycles. The number of carbonyl (C=O) groups excluding carboxylic acids is 3. The Bertz CT molecular complexity index is 5930. The van der Waals surface area contributed by atoms with Gasteiger partial charge in [0.2, 0.25) is 0 Å². The Labute approximate surface area is 734 Å². The summed E-state index contributed by atoms with van der Waals surface area (Å²) in [5.41, 5.74) is 11.9. The van der Waals surface area contributed by atoms with E-state index in [2.05, 4.69) is 24.7 Å². The molecule has 15 rings (SSSR count). The first kappa shape index (κ1) is 93.1. The number of hydrogen-bond acceptors (Lipinski definition) is 14. The van der Waals surface area contributed by atoms with E-state index in [4.69, 9.17) is 5.73 Å². The number of sulfone groups is 1. The minimum Gasteiger partial charge on any atom is -0.338 e. The number of nitrogens with two attached hydrogens (primary N) is 1. The lowest BCUT2D eigenvalue weighted by Crippen LogP contribution is -2.47. The lowest BCUT2D eigenvalue weighted by Gasteiger charge is -2.38. The summed E-state index contributed by atoms with van der Waals surface area (Å²) in [6.07, 6.45) is 10.6. The van der Waals surface area contributed by atoms with E-state index < -0.39 is 90.8 Å². The second-order valence-corrected chi connectivity index (χ2v) is 34.2. The summed E-state index contributed by atoms with van der Waals surface area (Å²) in [5, 5.41) is 0. The van der Waals surface area contributed by atoms with Crippen molar-refractivity contribution in [2.45, 2.75) is 121 Å². The molecule has 7 aromatic carbocycles. The molecule has 23 nitrogen and oxygen atoms in total. The summed E-state index contributed by atoms with van der Waals surface area (Å²) in [7, 11) is 1.81. The number of carbonyl (C=O) groups is 3. The average molecular weight is 1780 g/mol. The van der Waals surface area contributed by atoms with Crippen molar-refractivity contribution in [2.75, 3.05) is 64.8 Å². The van der Waals surface area contributed by atoms with E-state index in [1.54, 1.807) is 84.0 Å². The van der Waals surface area contributed by atoms with Crippen molar-refractivity contribution in [1.82, 2.24) is 67.5 Å². The predicted octanol–water partition coefficient (Wildman–Crippen LogP) is 13.2. The van der Waals surface area contributed by atoms with E-state index >= 15 is 0 Å². The summed E-state index contributed by atoms with van der Waals surface area (Å²) >= 11 is 0. The Hall–Kier alpha value is -12.6. The first-order valence-corrected chi connectivity index (χ1v) is 43.9. The van der Waals surface area contributed by atoms with Crippen LogP contribution >= 0.6 is 0 Å². The number of aromatic nitrogens is 8. The highest BCUT2D eigenvalue weighted by Crippen LogP contribution is 2.30. The molecule has 0 unspecified atom stereocenters. The van der Waals surface area contributed by atoms with Crippen LogP contribution in [0.15, 0.2) is 220 Å². The molecule has 33 heteroatoms. The number of rotatable bonds is 26.